The molecular formula is C24H22N2O3. The first-order chi connectivity index (χ1) is 14.2. The predicted octanol–water partition coefficient (Wildman–Crippen LogP) is 4.70. The maximum absolute atomic E-state index is 12.8. The van der Waals surface area contributed by atoms with Gasteiger partial charge in [0.25, 0.3) is 0 Å². The van der Waals surface area contributed by atoms with Crippen molar-refractivity contribution in [3.8, 4) is 17.0 Å². The monoisotopic (exact) mass is 386 g/mol. The van der Waals surface area contributed by atoms with Gasteiger partial charge in [0.1, 0.15) is 11.3 Å². The van der Waals surface area contributed by atoms with Crippen LogP contribution in [0, 0.1) is 0 Å². The highest BCUT2D eigenvalue weighted by Gasteiger charge is 2.18. The van der Waals surface area contributed by atoms with Crippen molar-refractivity contribution in [3.63, 3.8) is 0 Å². The molecule has 1 fully saturated rings. The third-order valence-corrected chi connectivity index (χ3v) is 5.69. The molecule has 2 aromatic carbocycles. The lowest BCUT2D eigenvalue weighted by Gasteiger charge is -2.26. The number of hydrogen-bond acceptors (Lipinski definition) is 5. The van der Waals surface area contributed by atoms with Gasteiger partial charge in [0.15, 0.2) is 0 Å². The second kappa shape index (κ2) is 7.33. The summed E-state index contributed by atoms with van der Waals surface area (Å²) >= 11 is 0. The highest BCUT2D eigenvalue weighted by molar-refractivity contribution is 5.87. The van der Waals surface area contributed by atoms with Crippen molar-refractivity contribution in [1.29, 1.82) is 0 Å². The zero-order valence-corrected chi connectivity index (χ0v) is 16.1. The molecule has 146 valence electrons. The van der Waals surface area contributed by atoms with Crippen LogP contribution in [-0.2, 0) is 6.54 Å². The first-order valence-electron chi connectivity index (χ1n) is 10.1. The molecule has 0 aliphatic carbocycles. The Morgan fingerprint density at radius 1 is 0.966 bits per heavy atom. The fourth-order valence-corrected chi connectivity index (χ4v) is 4.12. The number of fused-ring (bicyclic) bond motifs is 2. The molecule has 3 heterocycles. The molecule has 1 aliphatic rings. The number of hydrogen-bond donors (Lipinski definition) is 1. The minimum absolute atomic E-state index is 0.169. The average molecular weight is 386 g/mol. The summed E-state index contributed by atoms with van der Waals surface area (Å²) in [6, 6.07) is 16.9. The van der Waals surface area contributed by atoms with Crippen LogP contribution in [-0.4, -0.2) is 28.1 Å². The molecule has 4 aromatic rings. The summed E-state index contributed by atoms with van der Waals surface area (Å²) < 4.78 is 5.73. The van der Waals surface area contributed by atoms with E-state index >= 15 is 0 Å². The summed E-state index contributed by atoms with van der Waals surface area (Å²) in [6.07, 6.45) is 3.57. The summed E-state index contributed by atoms with van der Waals surface area (Å²) in [5.41, 5.74) is 2.55. The molecule has 2 aromatic heterocycles. The van der Waals surface area contributed by atoms with Crippen molar-refractivity contribution in [2.75, 3.05) is 13.1 Å². The van der Waals surface area contributed by atoms with Crippen LogP contribution in [0.2, 0.25) is 0 Å². The average Bonchev–Trinajstić information content (AvgIpc) is 2.76. The van der Waals surface area contributed by atoms with Crippen molar-refractivity contribution >= 4 is 21.9 Å². The maximum atomic E-state index is 12.8. The first-order valence-corrected chi connectivity index (χ1v) is 10.1. The lowest BCUT2D eigenvalue weighted by Crippen LogP contribution is -2.29. The van der Waals surface area contributed by atoms with Crippen molar-refractivity contribution in [2.45, 2.75) is 25.8 Å². The zero-order chi connectivity index (χ0) is 19.8. The van der Waals surface area contributed by atoms with E-state index in [-0.39, 0.29) is 5.75 Å². The summed E-state index contributed by atoms with van der Waals surface area (Å²) in [7, 11) is 0. The van der Waals surface area contributed by atoms with Gasteiger partial charge < -0.3 is 9.52 Å². The van der Waals surface area contributed by atoms with Gasteiger partial charge >= 0.3 is 5.63 Å². The molecule has 0 unspecified atom stereocenters. The number of aromatic hydroxyl groups is 1. The minimum Gasteiger partial charge on any atom is -0.507 e. The van der Waals surface area contributed by atoms with Gasteiger partial charge in [0, 0.05) is 17.3 Å². The van der Waals surface area contributed by atoms with E-state index in [0.717, 1.165) is 42.2 Å². The first kappa shape index (κ1) is 17.9. The summed E-state index contributed by atoms with van der Waals surface area (Å²) in [5, 5.41) is 12.2. The number of likely N-dealkylation sites (tertiary alicyclic amines) is 1. The number of phenolic OH excluding ortho intramolecular Hbond substituents is 1. The van der Waals surface area contributed by atoms with Crippen LogP contribution in [0.1, 0.15) is 24.8 Å². The molecule has 29 heavy (non-hydrogen) atoms. The van der Waals surface area contributed by atoms with Gasteiger partial charge in [-0.3, -0.25) is 4.90 Å². The van der Waals surface area contributed by atoms with Crippen molar-refractivity contribution in [2.24, 2.45) is 0 Å². The summed E-state index contributed by atoms with van der Waals surface area (Å²) in [6.45, 7) is 2.58. The number of nitrogens with zero attached hydrogens (tertiary/aromatic N) is 2. The molecule has 1 N–H and O–H groups in total. The van der Waals surface area contributed by atoms with Gasteiger partial charge in [-0.25, -0.2) is 9.78 Å². The molecule has 1 saturated heterocycles. The Labute approximate surface area is 168 Å². The Bertz CT molecular complexity index is 1260. The van der Waals surface area contributed by atoms with E-state index in [2.05, 4.69) is 9.88 Å². The molecule has 5 rings (SSSR count). The second-order valence-electron chi connectivity index (χ2n) is 7.66. The Morgan fingerprint density at radius 2 is 1.76 bits per heavy atom. The SMILES string of the molecule is O=c1oc2c(CN3CCCCC3)c(O)ccc2cc1-c1ccc2ccccc2n1. The molecule has 0 radical (unpaired) electrons. The third-order valence-electron chi connectivity index (χ3n) is 5.69. The maximum Gasteiger partial charge on any atom is 0.345 e. The van der Waals surface area contributed by atoms with Crippen molar-refractivity contribution in [1.82, 2.24) is 9.88 Å². The van der Waals surface area contributed by atoms with E-state index in [0.29, 0.717) is 28.9 Å². The smallest absolute Gasteiger partial charge is 0.345 e. The Balaban J connectivity index is 1.60. The molecule has 0 amide bonds. The predicted molar refractivity (Wildman–Crippen MR) is 114 cm³/mol. The van der Waals surface area contributed by atoms with E-state index in [1.54, 1.807) is 12.1 Å². The van der Waals surface area contributed by atoms with E-state index in [1.165, 1.54) is 6.42 Å². The highest BCUT2D eigenvalue weighted by Crippen LogP contribution is 2.30. The molecule has 0 atom stereocenters. The van der Waals surface area contributed by atoms with Gasteiger partial charge in [-0.2, -0.15) is 0 Å². The third kappa shape index (κ3) is 3.38. The van der Waals surface area contributed by atoms with Gasteiger partial charge in [-0.1, -0.05) is 30.7 Å². The fraction of sp³-hybridized carbons (Fsp3) is 0.250. The quantitative estimate of drug-likeness (QED) is 0.517. The van der Waals surface area contributed by atoms with Crippen LogP contribution >= 0.6 is 0 Å². The van der Waals surface area contributed by atoms with E-state index in [9.17, 15) is 9.90 Å². The van der Waals surface area contributed by atoms with Gasteiger partial charge in [0.2, 0.25) is 0 Å². The van der Waals surface area contributed by atoms with Crippen molar-refractivity contribution < 1.29 is 9.52 Å². The number of pyridine rings is 1. The van der Waals surface area contributed by atoms with Gasteiger partial charge in [0.05, 0.1) is 22.3 Å². The fourth-order valence-electron chi connectivity index (χ4n) is 4.12. The van der Waals surface area contributed by atoms with Crippen LogP contribution in [0.3, 0.4) is 0 Å². The van der Waals surface area contributed by atoms with Crippen LogP contribution in [0.5, 0.6) is 5.75 Å². The number of aromatic nitrogens is 1. The highest BCUT2D eigenvalue weighted by atomic mass is 16.4. The summed E-state index contributed by atoms with van der Waals surface area (Å²) in [4.78, 5) is 19.8. The van der Waals surface area contributed by atoms with Crippen LogP contribution in [0.25, 0.3) is 33.1 Å². The largest absolute Gasteiger partial charge is 0.507 e. The van der Waals surface area contributed by atoms with Crippen LogP contribution in [0.15, 0.2) is 63.8 Å². The molecule has 0 spiro atoms. The number of rotatable bonds is 3. The Morgan fingerprint density at radius 3 is 2.62 bits per heavy atom. The van der Waals surface area contributed by atoms with Gasteiger partial charge in [-0.05, 0) is 56.3 Å². The number of piperidine rings is 1. The number of para-hydroxylation sites is 1. The van der Waals surface area contributed by atoms with E-state index in [4.69, 9.17) is 4.42 Å². The van der Waals surface area contributed by atoms with Crippen molar-refractivity contribution in [3.05, 3.63) is 70.6 Å². The minimum atomic E-state index is -0.439. The normalized spacial score (nSPS) is 15.2. The molecule has 5 heteroatoms. The Kier molecular flexibility index (Phi) is 4.52. The number of benzene rings is 2. The zero-order valence-electron chi connectivity index (χ0n) is 16.1. The molecule has 1 aliphatic heterocycles. The lowest BCUT2D eigenvalue weighted by atomic mass is 10.0. The topological polar surface area (TPSA) is 66.6 Å². The van der Waals surface area contributed by atoms with Crippen LogP contribution < -0.4 is 5.63 Å². The Hall–Kier alpha value is -3.18. The van der Waals surface area contributed by atoms with E-state index < -0.39 is 5.63 Å². The standard InChI is InChI=1S/C24H22N2O3/c27-22-11-9-17-14-18(21-10-8-16-6-2-3-7-20(16)25-21)24(28)29-23(17)19(22)15-26-12-4-1-5-13-26/h2-3,6-11,14,27H,1,4-5,12-13,15H2. The molecule has 0 saturated carbocycles. The lowest BCUT2D eigenvalue weighted by molar-refractivity contribution is 0.218. The number of phenols is 1. The summed E-state index contributed by atoms with van der Waals surface area (Å²) in [5.74, 6) is 0.169. The second-order valence-corrected chi connectivity index (χ2v) is 7.66. The molecule has 5 nitrogen and oxygen atoms in total. The molecular weight excluding hydrogens is 364 g/mol. The molecule has 0 bridgehead atoms. The van der Waals surface area contributed by atoms with Gasteiger partial charge in [-0.15, -0.1) is 0 Å². The van der Waals surface area contributed by atoms with Crippen LogP contribution in [0.4, 0.5) is 0 Å². The van der Waals surface area contributed by atoms with E-state index in [1.807, 2.05) is 42.5 Å².